The zero-order valence-corrected chi connectivity index (χ0v) is 22.3. The van der Waals surface area contributed by atoms with Gasteiger partial charge in [0.25, 0.3) is 0 Å². The van der Waals surface area contributed by atoms with E-state index in [1.54, 1.807) is 12.1 Å². The topological polar surface area (TPSA) is 88.1 Å². The van der Waals surface area contributed by atoms with E-state index in [2.05, 4.69) is 21.8 Å². The highest BCUT2D eigenvalue weighted by Crippen LogP contribution is 2.31. The number of hydrogen-bond acceptors (Lipinski definition) is 6. The van der Waals surface area contributed by atoms with Crippen molar-refractivity contribution in [2.24, 2.45) is 0 Å². The van der Waals surface area contributed by atoms with Crippen LogP contribution in [-0.2, 0) is 23.1 Å². The highest BCUT2D eigenvalue weighted by molar-refractivity contribution is 7.92. The molecule has 4 aromatic carbocycles. The summed E-state index contributed by atoms with van der Waals surface area (Å²) in [6.07, 6.45) is 1.16. The largest absolute Gasteiger partial charge is 0.491 e. The Labute approximate surface area is 224 Å². The smallest absolute Gasteiger partial charge is 0.229 e. The van der Waals surface area contributed by atoms with Crippen molar-refractivity contribution < 1.29 is 23.0 Å². The van der Waals surface area contributed by atoms with Gasteiger partial charge in [0, 0.05) is 24.8 Å². The monoisotopic (exact) mass is 532 g/mol. The van der Waals surface area contributed by atoms with Gasteiger partial charge in [-0.25, -0.2) is 8.42 Å². The highest BCUT2D eigenvalue weighted by atomic mass is 32.2. The Bertz CT molecular complexity index is 1440. The molecule has 0 aliphatic carbocycles. The lowest BCUT2D eigenvalue weighted by molar-refractivity contribution is 0.201. The van der Waals surface area contributed by atoms with Crippen LogP contribution in [0.4, 0.5) is 11.4 Å². The summed E-state index contributed by atoms with van der Waals surface area (Å²) in [7, 11) is -3.40. The molecule has 7 nitrogen and oxygen atoms in total. The lowest BCUT2D eigenvalue weighted by atomic mass is 10.1. The molecule has 0 amide bonds. The fourth-order valence-electron chi connectivity index (χ4n) is 4.12. The molecular formula is C30H32N2O5S. The number of anilines is 2. The maximum Gasteiger partial charge on any atom is 0.229 e. The molecular weight excluding hydrogens is 500 g/mol. The van der Waals surface area contributed by atoms with Gasteiger partial charge in [-0.3, -0.25) is 4.72 Å². The van der Waals surface area contributed by atoms with Gasteiger partial charge in [-0.05, 0) is 60.0 Å². The minimum atomic E-state index is -3.40. The second-order valence-electron chi connectivity index (χ2n) is 8.96. The van der Waals surface area contributed by atoms with E-state index in [-0.39, 0.29) is 13.2 Å². The van der Waals surface area contributed by atoms with Crippen LogP contribution in [0.1, 0.15) is 16.7 Å². The summed E-state index contributed by atoms with van der Waals surface area (Å²) in [6, 6.07) is 31.0. The van der Waals surface area contributed by atoms with Gasteiger partial charge in [0.15, 0.2) is 0 Å². The summed E-state index contributed by atoms with van der Waals surface area (Å²) < 4.78 is 37.9. The fraction of sp³-hybridized carbons (Fsp3) is 0.200. The molecule has 0 radical (unpaired) electrons. The maximum absolute atomic E-state index is 11.9. The number of ether oxygens (including phenoxy) is 2. The van der Waals surface area contributed by atoms with Gasteiger partial charge < -0.3 is 19.5 Å². The molecule has 2 N–H and O–H groups in total. The third-order valence-electron chi connectivity index (χ3n) is 5.86. The van der Waals surface area contributed by atoms with Crippen molar-refractivity contribution in [1.29, 1.82) is 0 Å². The van der Waals surface area contributed by atoms with Crippen molar-refractivity contribution >= 4 is 21.4 Å². The van der Waals surface area contributed by atoms with E-state index in [4.69, 9.17) is 14.6 Å². The van der Waals surface area contributed by atoms with Crippen LogP contribution in [0.3, 0.4) is 0 Å². The third kappa shape index (κ3) is 7.74. The van der Waals surface area contributed by atoms with Gasteiger partial charge in [0.2, 0.25) is 10.0 Å². The molecule has 0 saturated heterocycles. The number of aliphatic hydroxyl groups is 1. The summed E-state index contributed by atoms with van der Waals surface area (Å²) in [5.41, 5.74) is 4.60. The Kier molecular flexibility index (Phi) is 8.89. The van der Waals surface area contributed by atoms with Gasteiger partial charge in [-0.1, -0.05) is 54.6 Å². The van der Waals surface area contributed by atoms with Crippen LogP contribution in [0, 0.1) is 6.92 Å². The molecule has 0 bridgehead atoms. The van der Waals surface area contributed by atoms with E-state index >= 15 is 0 Å². The lowest BCUT2D eigenvalue weighted by Crippen LogP contribution is -2.23. The van der Waals surface area contributed by atoms with Crippen molar-refractivity contribution in [1.82, 2.24) is 0 Å². The minimum absolute atomic E-state index is 0.0497. The maximum atomic E-state index is 11.9. The van der Waals surface area contributed by atoms with Crippen LogP contribution in [0.2, 0.25) is 0 Å². The molecule has 198 valence electrons. The van der Waals surface area contributed by atoms with Crippen molar-refractivity contribution in [3.8, 4) is 17.2 Å². The molecule has 4 rings (SSSR count). The molecule has 0 saturated carbocycles. The van der Waals surface area contributed by atoms with Crippen LogP contribution in [0.25, 0.3) is 0 Å². The summed E-state index contributed by atoms with van der Waals surface area (Å²) in [4.78, 5) is 2.23. The quantitative estimate of drug-likeness (QED) is 0.242. The molecule has 38 heavy (non-hydrogen) atoms. The van der Waals surface area contributed by atoms with Crippen LogP contribution in [-0.4, -0.2) is 33.0 Å². The lowest BCUT2D eigenvalue weighted by Gasteiger charge is -2.28. The molecule has 0 unspecified atom stereocenters. The number of rotatable bonds is 12. The van der Waals surface area contributed by atoms with E-state index in [1.165, 1.54) is 0 Å². The van der Waals surface area contributed by atoms with Crippen molar-refractivity contribution in [2.45, 2.75) is 20.0 Å². The van der Waals surface area contributed by atoms with Crippen LogP contribution in [0.5, 0.6) is 17.2 Å². The van der Waals surface area contributed by atoms with Gasteiger partial charge in [-0.2, -0.15) is 0 Å². The van der Waals surface area contributed by atoms with E-state index < -0.39 is 10.0 Å². The first-order valence-electron chi connectivity index (χ1n) is 12.3. The minimum Gasteiger partial charge on any atom is -0.491 e. The molecule has 0 spiro atoms. The molecule has 4 aromatic rings. The summed E-state index contributed by atoms with van der Waals surface area (Å²) in [5, 5.41) is 8.96. The molecule has 8 heteroatoms. The average molecular weight is 533 g/mol. The van der Waals surface area contributed by atoms with Crippen LogP contribution < -0.4 is 19.1 Å². The van der Waals surface area contributed by atoms with Crippen LogP contribution in [0.15, 0.2) is 97.1 Å². The molecule has 0 heterocycles. The highest BCUT2D eigenvalue weighted by Gasteiger charge is 2.15. The zero-order valence-electron chi connectivity index (χ0n) is 21.5. The first-order chi connectivity index (χ1) is 18.3. The Morgan fingerprint density at radius 2 is 1.45 bits per heavy atom. The predicted octanol–water partition coefficient (Wildman–Crippen LogP) is 5.74. The normalized spacial score (nSPS) is 11.1. The van der Waals surface area contributed by atoms with E-state index in [9.17, 15) is 8.42 Å². The van der Waals surface area contributed by atoms with Crippen LogP contribution >= 0.6 is 0 Å². The molecule has 0 atom stereocenters. The van der Waals surface area contributed by atoms with Crippen molar-refractivity contribution in [2.75, 3.05) is 29.1 Å². The molecule has 0 aromatic heterocycles. The molecule has 0 aliphatic heterocycles. The van der Waals surface area contributed by atoms with Crippen molar-refractivity contribution in [3.63, 3.8) is 0 Å². The Morgan fingerprint density at radius 3 is 2.13 bits per heavy atom. The van der Waals surface area contributed by atoms with E-state index in [0.717, 1.165) is 28.6 Å². The standard InChI is InChI=1S/C30H32N2O5S/c1-23-29(31-38(2,34)35)12-7-13-30(23)32(21-24-8-4-3-5-9-24)22-25-14-16-26(17-15-25)37-28-11-6-10-27(20-28)36-19-18-33/h3-17,20,31,33H,18-19,21-22H2,1-2H3. The number of benzene rings is 4. The van der Waals surface area contributed by atoms with Gasteiger partial charge >= 0.3 is 0 Å². The number of nitrogens with zero attached hydrogens (tertiary/aromatic N) is 1. The zero-order chi connectivity index (χ0) is 27.0. The molecule has 0 fully saturated rings. The Hall–Kier alpha value is -4.01. The van der Waals surface area contributed by atoms with Gasteiger partial charge in [0.05, 0.1) is 18.6 Å². The number of aliphatic hydroxyl groups excluding tert-OH is 1. The summed E-state index contributed by atoms with van der Waals surface area (Å²) in [5.74, 6) is 1.97. The summed E-state index contributed by atoms with van der Waals surface area (Å²) in [6.45, 7) is 3.37. The van der Waals surface area contributed by atoms with Gasteiger partial charge in [-0.15, -0.1) is 0 Å². The van der Waals surface area contributed by atoms with Gasteiger partial charge in [0.1, 0.15) is 23.9 Å². The summed E-state index contributed by atoms with van der Waals surface area (Å²) >= 11 is 0. The second-order valence-corrected chi connectivity index (χ2v) is 10.7. The average Bonchev–Trinajstić information content (AvgIpc) is 2.89. The SMILES string of the molecule is Cc1c(NS(C)(=O)=O)cccc1N(Cc1ccccc1)Cc1ccc(Oc2cccc(OCCO)c2)cc1. The Morgan fingerprint density at radius 1 is 0.789 bits per heavy atom. The third-order valence-corrected chi connectivity index (χ3v) is 6.45. The molecule has 0 aliphatic rings. The Balaban J connectivity index is 1.55. The predicted molar refractivity (Wildman–Crippen MR) is 152 cm³/mol. The van der Waals surface area contributed by atoms with Crippen molar-refractivity contribution in [3.05, 3.63) is 114 Å². The number of nitrogens with one attached hydrogen (secondary N) is 1. The van der Waals surface area contributed by atoms with E-state index in [0.29, 0.717) is 36.0 Å². The second kappa shape index (κ2) is 12.5. The number of sulfonamides is 1. The number of hydrogen-bond donors (Lipinski definition) is 2. The first kappa shape index (κ1) is 27.0. The van der Waals surface area contributed by atoms with E-state index in [1.807, 2.05) is 79.7 Å². The fourth-order valence-corrected chi connectivity index (χ4v) is 4.74. The first-order valence-corrected chi connectivity index (χ1v) is 14.2.